The molecule has 1 saturated carbocycles. The van der Waals surface area contributed by atoms with E-state index in [4.69, 9.17) is 14.2 Å². The number of nitrogens with zero attached hydrogens (tertiary/aromatic N) is 1. The molecule has 0 radical (unpaired) electrons. The van der Waals surface area contributed by atoms with Crippen molar-refractivity contribution < 1.29 is 19.0 Å². The fraction of sp³-hybridized carbons (Fsp3) is 0.700. The minimum atomic E-state index is -0.0627. The van der Waals surface area contributed by atoms with Crippen molar-refractivity contribution in [2.75, 3.05) is 13.2 Å². The predicted molar refractivity (Wildman–Crippen MR) is 94.6 cm³/mol. The number of aromatic nitrogens is 1. The third-order valence-corrected chi connectivity index (χ3v) is 5.08. The Bertz CT molecular complexity index is 563. The molecule has 0 amide bonds. The highest BCUT2D eigenvalue weighted by atomic mass is 16.6. The largest absolute Gasteiger partial charge is 0.474 e. The number of aryl methyl sites for hydroxylation is 2. The number of pyridine rings is 1. The van der Waals surface area contributed by atoms with Crippen molar-refractivity contribution in [2.24, 2.45) is 5.92 Å². The molecule has 1 aliphatic heterocycles. The monoisotopic (exact) mass is 347 g/mol. The highest BCUT2D eigenvalue weighted by molar-refractivity contribution is 5.69. The first-order valence-corrected chi connectivity index (χ1v) is 9.47. The minimum absolute atomic E-state index is 0.0524. The molecule has 3 rings (SSSR count). The summed E-state index contributed by atoms with van der Waals surface area (Å²) in [5.41, 5.74) is 2.16. The maximum absolute atomic E-state index is 12.0. The Labute approximate surface area is 150 Å². The third-order valence-electron chi connectivity index (χ3n) is 5.08. The lowest BCUT2D eigenvalue weighted by molar-refractivity contribution is -0.153. The first-order valence-electron chi connectivity index (χ1n) is 9.47. The van der Waals surface area contributed by atoms with Gasteiger partial charge in [-0.1, -0.05) is 0 Å². The van der Waals surface area contributed by atoms with E-state index >= 15 is 0 Å². The van der Waals surface area contributed by atoms with E-state index in [1.54, 1.807) is 0 Å². The van der Waals surface area contributed by atoms with Crippen molar-refractivity contribution >= 4 is 5.97 Å². The van der Waals surface area contributed by atoms with Crippen molar-refractivity contribution in [2.45, 2.75) is 71.0 Å². The minimum Gasteiger partial charge on any atom is -0.474 e. The van der Waals surface area contributed by atoms with Crippen LogP contribution in [0.1, 0.15) is 56.2 Å². The molecule has 2 heterocycles. The molecule has 0 aromatic carbocycles. The molecule has 25 heavy (non-hydrogen) atoms. The number of esters is 1. The van der Waals surface area contributed by atoms with Crippen LogP contribution in [0, 0.1) is 19.8 Å². The Morgan fingerprint density at radius 2 is 1.96 bits per heavy atom. The molecule has 1 aromatic rings. The number of ether oxygens (including phenoxy) is 3. The molecule has 1 aliphatic carbocycles. The van der Waals surface area contributed by atoms with E-state index in [2.05, 4.69) is 11.9 Å². The number of hydrogen-bond acceptors (Lipinski definition) is 5. The summed E-state index contributed by atoms with van der Waals surface area (Å²) in [4.78, 5) is 16.5. The van der Waals surface area contributed by atoms with E-state index in [1.807, 2.05) is 19.1 Å². The van der Waals surface area contributed by atoms with Gasteiger partial charge < -0.3 is 14.2 Å². The summed E-state index contributed by atoms with van der Waals surface area (Å²) in [5, 5.41) is 0. The Morgan fingerprint density at radius 1 is 1.16 bits per heavy atom. The summed E-state index contributed by atoms with van der Waals surface area (Å²) >= 11 is 0. The average molecular weight is 347 g/mol. The average Bonchev–Trinajstić information content (AvgIpc) is 3.00. The van der Waals surface area contributed by atoms with Crippen molar-refractivity contribution in [3.8, 4) is 5.88 Å². The van der Waals surface area contributed by atoms with Gasteiger partial charge in [0.15, 0.2) is 0 Å². The molecular weight excluding hydrogens is 318 g/mol. The SMILES string of the molecule is Cc1cc(C)nc(O[C@@H]2CCC(CCC(=O)OC3CCOCC3)C2)c1. The van der Waals surface area contributed by atoms with Gasteiger partial charge in [0.1, 0.15) is 12.2 Å². The van der Waals surface area contributed by atoms with Gasteiger partial charge in [0.05, 0.1) is 13.2 Å². The Hall–Kier alpha value is -1.62. The fourth-order valence-electron chi connectivity index (χ4n) is 3.79. The Balaban J connectivity index is 1.38. The summed E-state index contributed by atoms with van der Waals surface area (Å²) in [7, 11) is 0. The quantitative estimate of drug-likeness (QED) is 0.734. The molecule has 0 spiro atoms. The van der Waals surface area contributed by atoms with E-state index in [0.717, 1.165) is 50.1 Å². The number of hydrogen-bond donors (Lipinski definition) is 0. The van der Waals surface area contributed by atoms with E-state index in [0.29, 0.717) is 25.6 Å². The molecule has 0 bridgehead atoms. The van der Waals surface area contributed by atoms with Gasteiger partial charge in [-0.3, -0.25) is 4.79 Å². The van der Waals surface area contributed by atoms with Gasteiger partial charge >= 0.3 is 5.97 Å². The van der Waals surface area contributed by atoms with Crippen LogP contribution in [0.3, 0.4) is 0 Å². The lowest BCUT2D eigenvalue weighted by Crippen LogP contribution is -2.26. The van der Waals surface area contributed by atoms with Gasteiger partial charge in [-0.25, -0.2) is 4.98 Å². The molecule has 2 atom stereocenters. The van der Waals surface area contributed by atoms with E-state index in [-0.39, 0.29) is 18.2 Å². The summed E-state index contributed by atoms with van der Waals surface area (Å²) in [6.45, 7) is 5.45. The normalized spacial score (nSPS) is 24.2. The van der Waals surface area contributed by atoms with E-state index < -0.39 is 0 Å². The van der Waals surface area contributed by atoms with E-state index in [9.17, 15) is 4.79 Å². The van der Waals surface area contributed by atoms with Gasteiger partial charge in [0.25, 0.3) is 0 Å². The number of rotatable bonds is 6. The summed E-state index contributed by atoms with van der Waals surface area (Å²) < 4.78 is 16.9. The first-order chi connectivity index (χ1) is 12.1. The van der Waals surface area contributed by atoms with Crippen molar-refractivity contribution in [1.82, 2.24) is 4.98 Å². The van der Waals surface area contributed by atoms with Crippen LogP contribution in [0.25, 0.3) is 0 Å². The van der Waals surface area contributed by atoms with E-state index in [1.165, 1.54) is 5.56 Å². The lowest BCUT2D eigenvalue weighted by atomic mass is 10.0. The Morgan fingerprint density at radius 3 is 2.72 bits per heavy atom. The highest BCUT2D eigenvalue weighted by Gasteiger charge is 2.27. The number of carbonyl (C=O) groups excluding carboxylic acids is 1. The zero-order valence-corrected chi connectivity index (χ0v) is 15.3. The lowest BCUT2D eigenvalue weighted by Gasteiger charge is -2.22. The molecule has 1 saturated heterocycles. The van der Waals surface area contributed by atoms with Crippen LogP contribution in [-0.4, -0.2) is 36.4 Å². The molecular formula is C20H29NO4. The topological polar surface area (TPSA) is 57.7 Å². The molecule has 2 aliphatic rings. The Kier molecular flexibility index (Phi) is 6.29. The van der Waals surface area contributed by atoms with Gasteiger partial charge in [-0.2, -0.15) is 0 Å². The van der Waals surface area contributed by atoms with Gasteiger partial charge in [-0.15, -0.1) is 0 Å². The molecule has 5 nitrogen and oxygen atoms in total. The van der Waals surface area contributed by atoms with Crippen molar-refractivity contribution in [3.63, 3.8) is 0 Å². The second-order valence-corrected chi connectivity index (χ2v) is 7.38. The number of carbonyl (C=O) groups is 1. The van der Waals surface area contributed by atoms with Crippen LogP contribution in [0.2, 0.25) is 0 Å². The second kappa shape index (κ2) is 8.65. The second-order valence-electron chi connectivity index (χ2n) is 7.38. The van der Waals surface area contributed by atoms with Crippen molar-refractivity contribution in [1.29, 1.82) is 0 Å². The standard InChI is InChI=1S/C20H29NO4/c1-14-11-15(2)21-19(12-14)24-18-5-3-16(13-18)4-6-20(22)25-17-7-9-23-10-8-17/h11-12,16-18H,3-10,13H2,1-2H3/t16?,18-/m1/s1. The van der Waals surface area contributed by atoms with Gasteiger partial charge in [0.2, 0.25) is 5.88 Å². The zero-order valence-electron chi connectivity index (χ0n) is 15.3. The smallest absolute Gasteiger partial charge is 0.306 e. The third kappa shape index (κ3) is 5.70. The maximum Gasteiger partial charge on any atom is 0.306 e. The van der Waals surface area contributed by atoms with Crippen LogP contribution in [0.15, 0.2) is 12.1 Å². The van der Waals surface area contributed by atoms with Gasteiger partial charge in [0, 0.05) is 31.0 Å². The maximum atomic E-state index is 12.0. The van der Waals surface area contributed by atoms with Crippen LogP contribution in [0.4, 0.5) is 0 Å². The van der Waals surface area contributed by atoms with Crippen LogP contribution in [0.5, 0.6) is 5.88 Å². The molecule has 1 aromatic heterocycles. The molecule has 5 heteroatoms. The first kappa shape index (κ1) is 18.2. The molecule has 2 fully saturated rings. The van der Waals surface area contributed by atoms with Gasteiger partial charge in [-0.05, 0) is 57.1 Å². The predicted octanol–water partition coefficient (Wildman–Crippen LogP) is 3.75. The van der Waals surface area contributed by atoms with Crippen LogP contribution in [-0.2, 0) is 14.3 Å². The van der Waals surface area contributed by atoms with Crippen LogP contribution >= 0.6 is 0 Å². The molecule has 138 valence electrons. The van der Waals surface area contributed by atoms with Crippen molar-refractivity contribution in [3.05, 3.63) is 23.4 Å². The summed E-state index contributed by atoms with van der Waals surface area (Å²) in [5.74, 6) is 1.20. The van der Waals surface area contributed by atoms with Crippen LogP contribution < -0.4 is 4.74 Å². The highest BCUT2D eigenvalue weighted by Crippen LogP contribution is 2.32. The fourth-order valence-corrected chi connectivity index (χ4v) is 3.79. The summed E-state index contributed by atoms with van der Waals surface area (Å²) in [6, 6.07) is 4.04. The summed E-state index contributed by atoms with van der Waals surface area (Å²) in [6.07, 6.45) is 6.47. The molecule has 1 unspecified atom stereocenters. The zero-order chi connectivity index (χ0) is 17.6. The molecule has 0 N–H and O–H groups in total.